The molecule has 8 aliphatic rings. The van der Waals surface area contributed by atoms with Crippen LogP contribution in [-0.4, -0.2) is 146 Å². The van der Waals surface area contributed by atoms with Crippen LogP contribution in [0.25, 0.3) is 22.1 Å². The number of imidazole rings is 2. The Bertz CT molecular complexity index is 5010. The second kappa shape index (κ2) is 53.0. The number of methoxy groups -OCH3 is 1. The van der Waals surface area contributed by atoms with Crippen molar-refractivity contribution in [2.24, 2.45) is 11.8 Å². The van der Waals surface area contributed by atoms with E-state index in [-0.39, 0.29) is 231 Å². The van der Waals surface area contributed by atoms with Gasteiger partial charge in [-0.25, -0.2) is 9.97 Å². The number of carboxylic acid groups (broad SMARTS) is 2. The Morgan fingerprint density at radius 3 is 1.43 bits per heavy atom. The molecule has 17 nitrogen and oxygen atoms in total. The van der Waals surface area contributed by atoms with E-state index in [9.17, 15) is 18.4 Å². The Balaban J connectivity index is 0.000000197. The van der Waals surface area contributed by atoms with Crippen molar-refractivity contribution in [3.8, 4) is 33.6 Å². The number of thiophene rings is 2. The summed E-state index contributed by atoms with van der Waals surface area (Å²) in [6.45, 7) is 26.6. The summed E-state index contributed by atoms with van der Waals surface area (Å²) in [7, 11) is 10.6. The van der Waals surface area contributed by atoms with Gasteiger partial charge in [-0.1, -0.05) is 168 Å². The van der Waals surface area contributed by atoms with Crippen molar-refractivity contribution >= 4 is 148 Å². The van der Waals surface area contributed by atoms with Crippen LogP contribution in [0.15, 0.2) is 175 Å². The van der Waals surface area contributed by atoms with Gasteiger partial charge in [0.2, 0.25) is 0 Å². The molecule has 0 spiro atoms. The molecule has 0 bridgehead atoms. The zero-order chi connectivity index (χ0) is 89.9. The van der Waals surface area contributed by atoms with Crippen LogP contribution >= 0.6 is 96.7 Å². The van der Waals surface area contributed by atoms with E-state index < -0.39 is 18.8 Å². The minimum absolute atomic E-state index is 0. The van der Waals surface area contributed by atoms with Crippen molar-refractivity contribution in [2.45, 2.75) is 200 Å². The summed E-state index contributed by atoms with van der Waals surface area (Å²) in [5.41, 5.74) is 10.0. The van der Waals surface area contributed by atoms with Gasteiger partial charge in [-0.2, -0.15) is 8.78 Å². The van der Waals surface area contributed by atoms with Crippen LogP contribution in [0.1, 0.15) is 182 Å². The molecular formula is C95H112BBrCl4Cs2F2FeN6O11P2PdS2. The predicted molar refractivity (Wildman–Crippen MR) is 505 cm³/mol. The average molecular weight is 2340 g/mol. The number of halogens is 7. The number of benzene rings is 6. The smallest absolute Gasteiger partial charge is 0.0622 e. The molecule has 4 aromatic heterocycles. The number of ether oxygens (including phenoxy) is 4. The number of carbonyl (C=O) groups excluding carboxylic acids is 3. The first-order chi connectivity index (χ1) is 59.8. The van der Waals surface area contributed by atoms with Gasteiger partial charge in [0, 0.05) is 34.9 Å². The molecule has 10 heterocycles. The Labute approximate surface area is 928 Å². The summed E-state index contributed by atoms with van der Waals surface area (Å²) in [4.78, 5) is 49.7. The molecule has 2 amide bonds. The van der Waals surface area contributed by atoms with E-state index in [0.717, 1.165) is 123 Å². The van der Waals surface area contributed by atoms with Crippen molar-refractivity contribution in [1.29, 1.82) is 0 Å². The normalized spacial score (nSPS) is 17.5. The average Bonchev–Trinajstić information content (AvgIpc) is 1.57. The molecule has 33 heteroatoms. The second-order valence-electron chi connectivity index (χ2n) is 34.5. The molecule has 18 rings (SSSR count). The van der Waals surface area contributed by atoms with Gasteiger partial charge in [0.15, 0.2) is 32.2 Å². The van der Waals surface area contributed by atoms with Crippen LogP contribution in [0.5, 0.6) is 11.5 Å². The molecular weight excluding hydrogens is 2230 g/mol. The first kappa shape index (κ1) is 112. The number of aryl methyl sites for hydroxylation is 2. The second-order valence-corrected chi connectivity index (χ2v) is 45.5. The van der Waals surface area contributed by atoms with E-state index in [1.165, 1.54) is 74.6 Å². The van der Waals surface area contributed by atoms with Gasteiger partial charge < -0.3 is 53.1 Å². The van der Waals surface area contributed by atoms with Gasteiger partial charge in [0.25, 0.3) is 11.8 Å². The number of morpholine rings is 2. The maximum atomic E-state index is 14.1. The monoisotopic (exact) mass is 2330 g/mol. The molecule has 0 radical (unpaired) electrons. The third kappa shape index (κ3) is 29.3. The maximum Gasteiger partial charge on any atom is 1.00 e. The molecule has 6 aromatic carbocycles. The number of carbonyl (C=O) groups is 3. The molecule has 1 atom stereocenters. The van der Waals surface area contributed by atoms with E-state index >= 15 is 0 Å². The van der Waals surface area contributed by atoms with Crippen molar-refractivity contribution in [3.05, 3.63) is 230 Å². The van der Waals surface area contributed by atoms with Gasteiger partial charge in [-0.15, -0.1) is 45.9 Å². The maximum absolute atomic E-state index is 14.1. The van der Waals surface area contributed by atoms with Crippen LogP contribution in [0.4, 0.5) is 13.6 Å². The molecule has 6 aliphatic heterocycles. The molecule has 0 N–H and O–H groups in total. The number of fused-ring (bicyclic) bond motifs is 7. The molecule has 10 aromatic rings. The quantitative estimate of drug-likeness (QED) is 0.0601. The molecule has 2 aliphatic carbocycles. The number of nitrogens with zero attached hydrogens (tertiary/aromatic N) is 6. The van der Waals surface area contributed by atoms with E-state index in [1.54, 1.807) is 40.5 Å². The van der Waals surface area contributed by atoms with Crippen molar-refractivity contribution < 1.29 is 232 Å². The fourth-order valence-corrected chi connectivity index (χ4v) is 25.1. The summed E-state index contributed by atoms with van der Waals surface area (Å²) >= 11 is 15.2. The zero-order valence-corrected chi connectivity index (χ0v) is 98.6. The van der Waals surface area contributed by atoms with Crippen LogP contribution in [0, 0.1) is 22.1 Å². The molecule has 682 valence electrons. The Hall–Kier alpha value is -1.50. The van der Waals surface area contributed by atoms with E-state index in [0.29, 0.717) is 84.6 Å². The SMILES string of the molecule is CC1(C)OB(c2ccc(F)s2)OC1(C)C.CC1COc2cc3c(cc2C1)-n1c(Br)nc(C(=O)N2CCOCC2(C)C)c1CC3.COc1cc2c(cc1CC(C)C)-n1c(-c3ccc(F)s3)nc(C(=O)N3CCOCC3(C)C)c1CC2.ClCCl.O=C([O-])[O-].[Cl][Pd][Cl].[Cs+].[Cs+].[Fe].c1ccc(P(c2ccccc2)C2CCCC2)cc1.c1ccc(P(c2ccccc2)C2CCCC2)cc1. The van der Waals surface area contributed by atoms with E-state index in [2.05, 4.69) is 196 Å². The third-order valence-electron chi connectivity index (χ3n) is 23.7. The van der Waals surface area contributed by atoms with Gasteiger partial charge in [0.05, 0.1) is 95.4 Å². The number of amides is 2. The third-order valence-corrected chi connectivity index (χ3v) is 31.9. The molecule has 128 heavy (non-hydrogen) atoms. The van der Waals surface area contributed by atoms with Gasteiger partial charge in [-0.05, 0) is 273 Å². The topological polar surface area (TPSA) is 195 Å². The minimum Gasteiger partial charge on any atom is -0.0622 e. The summed E-state index contributed by atoms with van der Waals surface area (Å²) < 4.78 is 67.1. The summed E-state index contributed by atoms with van der Waals surface area (Å²) in [5, 5.41) is 22.6. The van der Waals surface area contributed by atoms with Gasteiger partial charge >= 0.3 is 180 Å². The predicted octanol–water partition coefficient (Wildman–Crippen LogP) is 13.5. The molecule has 3 saturated heterocycles. The van der Waals surface area contributed by atoms with E-state index in [4.69, 9.17) is 90.5 Å². The Morgan fingerprint density at radius 1 is 0.609 bits per heavy atom. The number of hydrogen-bond donors (Lipinski definition) is 0. The van der Waals surface area contributed by atoms with Crippen molar-refractivity contribution in [1.82, 2.24) is 28.9 Å². The van der Waals surface area contributed by atoms with E-state index in [1.807, 2.05) is 65.2 Å². The molecule has 2 saturated carbocycles. The van der Waals surface area contributed by atoms with Crippen molar-refractivity contribution in [3.63, 3.8) is 0 Å². The Morgan fingerprint density at radius 2 is 1.02 bits per heavy atom. The summed E-state index contributed by atoms with van der Waals surface area (Å²) in [6.07, 6.45) is 14.0. The number of rotatable bonds is 13. The number of aromatic nitrogens is 4. The first-order valence-electron chi connectivity index (χ1n) is 42.5. The van der Waals surface area contributed by atoms with Crippen LogP contribution in [-0.2, 0) is 90.3 Å². The fourth-order valence-electron chi connectivity index (χ4n) is 17.1. The van der Waals surface area contributed by atoms with Gasteiger partial charge in [-0.3, -0.25) is 18.7 Å². The number of hydrogen-bond acceptors (Lipinski definition) is 15. The Kier molecular flexibility index (Phi) is 46.3. The van der Waals surface area contributed by atoms with Crippen LogP contribution in [0.2, 0.25) is 0 Å². The minimum atomic E-state index is -2.33. The van der Waals surface area contributed by atoms with Crippen LogP contribution in [0.3, 0.4) is 0 Å². The molecule has 5 fully saturated rings. The summed E-state index contributed by atoms with van der Waals surface area (Å²) in [5.74, 6) is 3.37. The molecule has 1 unspecified atom stereocenters. The standard InChI is InChI=1S/C27H32FN3O3S.C22H26BrN3O3.2C17H19P.C10H14BFO2S.CH2Cl2.CH2O3.2ClH.2Cs.Fe.Pd/c1-16(2)12-18-13-20-17(14-21(18)33-5)6-7-19-24(26(32)30-10-11-34-15-27(30,3)4)29-25(31(19)20)22-8-9-23(28)35-22;1-13-8-15-9-17-14(10-18(15)29-11-13)4-5-16-19(24-21(23)26(16)17)20(27)25-6-7-28-12-22(25,2)3;2*1-3-9-15(10-4-1)18(17-13-7-8-14-17)16-11-5-2-6-12-16;1-9(2)10(3,4)14-11(13-9)7-5-6-8(12)15-7;2-1-3;2-1(3)4;;;;;;/h8-9,13-14,16H,6-7,10-12,15H2,1-5H3;9-10,13H,4-8,11-12H2,1-3H3;2*1-6,9-12,17H,7-8,13-14H2;5-6H,1-4H3;1H2;(H2,2,3,4);2*1H;;;;/q;;;;;;;;;2*+1;;+2/p-4. The number of alkyl halides is 2. The van der Waals surface area contributed by atoms with Crippen LogP contribution < -0.4 is 183 Å². The zero-order valence-electron chi connectivity index (χ0n) is 75.3. The van der Waals surface area contributed by atoms with Crippen molar-refractivity contribution in [2.75, 3.05) is 58.6 Å². The first-order valence-corrected chi connectivity index (χ1v) is 52.8. The summed E-state index contributed by atoms with van der Waals surface area (Å²) in [6, 6.07) is 59.5. The largest absolute Gasteiger partial charge is 1.00 e. The fraction of sp³-hybridized carbons (Fsp3) is 0.442. The van der Waals surface area contributed by atoms with Gasteiger partial charge in [0.1, 0.15) is 11.5 Å².